The van der Waals surface area contributed by atoms with Crippen LogP contribution in [0.15, 0.2) is 61.1 Å². The van der Waals surface area contributed by atoms with Crippen molar-refractivity contribution < 1.29 is 14.3 Å². The van der Waals surface area contributed by atoms with Gasteiger partial charge in [-0.05, 0) is 55.7 Å². The molecule has 186 valence electrons. The van der Waals surface area contributed by atoms with Gasteiger partial charge in [-0.25, -0.2) is 15.0 Å². The minimum atomic E-state index is -0.0180. The average Bonchev–Trinajstić information content (AvgIpc) is 2.89. The Hall–Kier alpha value is -4.20. The zero-order valence-electron chi connectivity index (χ0n) is 20.7. The van der Waals surface area contributed by atoms with Gasteiger partial charge in [0.05, 0.1) is 25.1 Å². The third-order valence-electron chi connectivity index (χ3n) is 5.97. The number of methoxy groups -OCH3 is 1. The summed E-state index contributed by atoms with van der Waals surface area (Å²) in [5.74, 6) is 1.27. The van der Waals surface area contributed by atoms with Gasteiger partial charge in [0.15, 0.2) is 0 Å². The van der Waals surface area contributed by atoms with E-state index in [-0.39, 0.29) is 5.91 Å². The predicted molar refractivity (Wildman–Crippen MR) is 142 cm³/mol. The monoisotopic (exact) mass is 485 g/mol. The van der Waals surface area contributed by atoms with E-state index >= 15 is 0 Å². The van der Waals surface area contributed by atoms with Gasteiger partial charge in [-0.2, -0.15) is 0 Å². The fourth-order valence-electron chi connectivity index (χ4n) is 3.95. The molecule has 8 nitrogen and oxygen atoms in total. The number of rotatable bonds is 11. The van der Waals surface area contributed by atoms with Crippen LogP contribution in [-0.2, 0) is 4.79 Å². The number of unbranched alkanes of at least 4 members (excludes halogenated alkanes) is 3. The maximum atomic E-state index is 12.2. The topological polar surface area (TPSA) is 112 Å². The van der Waals surface area contributed by atoms with Gasteiger partial charge in [0.2, 0.25) is 11.8 Å². The van der Waals surface area contributed by atoms with E-state index in [1.54, 1.807) is 31.8 Å². The Bertz CT molecular complexity index is 1320. The highest BCUT2D eigenvalue weighted by molar-refractivity contribution is 5.93. The lowest BCUT2D eigenvalue weighted by molar-refractivity contribution is -0.116. The number of para-hydroxylation sites is 2. The molecule has 0 unspecified atom stereocenters. The second-order valence-electron chi connectivity index (χ2n) is 8.57. The van der Waals surface area contributed by atoms with Gasteiger partial charge >= 0.3 is 0 Å². The highest BCUT2D eigenvalue weighted by Crippen LogP contribution is 2.32. The number of anilines is 2. The summed E-state index contributed by atoms with van der Waals surface area (Å²) in [6, 6.07) is 15.1. The van der Waals surface area contributed by atoms with Crippen molar-refractivity contribution in [3.05, 3.63) is 66.7 Å². The Kier molecular flexibility index (Phi) is 8.28. The number of nitrogens with zero attached hydrogens (tertiary/aromatic N) is 3. The van der Waals surface area contributed by atoms with E-state index < -0.39 is 0 Å². The summed E-state index contributed by atoms with van der Waals surface area (Å²) in [5, 5.41) is 3.82. The number of amides is 1. The van der Waals surface area contributed by atoms with Crippen molar-refractivity contribution in [2.24, 2.45) is 0 Å². The van der Waals surface area contributed by atoms with Crippen molar-refractivity contribution in [3.63, 3.8) is 0 Å². The first kappa shape index (κ1) is 24.9. The third-order valence-corrected chi connectivity index (χ3v) is 5.97. The summed E-state index contributed by atoms with van der Waals surface area (Å²) < 4.78 is 11.3. The second-order valence-corrected chi connectivity index (χ2v) is 8.57. The average molecular weight is 486 g/mol. The number of carbonyl (C=O) groups excluding carboxylic acids is 1. The lowest BCUT2D eigenvalue weighted by Crippen LogP contribution is -2.12. The van der Waals surface area contributed by atoms with Crippen molar-refractivity contribution in [3.8, 4) is 22.8 Å². The number of aryl methyl sites for hydroxylation is 1. The molecule has 36 heavy (non-hydrogen) atoms. The molecule has 4 rings (SSSR count). The number of nitrogen functional groups attached to an aromatic ring is 1. The summed E-state index contributed by atoms with van der Waals surface area (Å²) >= 11 is 0. The smallest absolute Gasteiger partial charge is 0.224 e. The van der Waals surface area contributed by atoms with Gasteiger partial charge in [0, 0.05) is 35.3 Å². The number of hydrogen-bond donors (Lipinski definition) is 2. The molecular formula is C28H31N5O3. The minimum absolute atomic E-state index is 0.0180. The van der Waals surface area contributed by atoms with Crippen molar-refractivity contribution in [1.82, 2.24) is 15.0 Å². The first-order chi connectivity index (χ1) is 17.5. The van der Waals surface area contributed by atoms with Crippen molar-refractivity contribution in [2.45, 2.75) is 39.0 Å². The summed E-state index contributed by atoms with van der Waals surface area (Å²) in [6.07, 6.45) is 7.42. The zero-order valence-corrected chi connectivity index (χ0v) is 20.7. The molecule has 2 aromatic heterocycles. The maximum absolute atomic E-state index is 12.2. The Morgan fingerprint density at radius 1 is 0.972 bits per heavy atom. The molecule has 0 saturated carbocycles. The minimum Gasteiger partial charge on any atom is -0.491 e. The van der Waals surface area contributed by atoms with Crippen LogP contribution in [0.1, 0.15) is 37.8 Å². The standard InChI is InChI=1S/C28H31N5O3/c1-19-22-15-21(20-12-13-27(35-2)30-17-20)16-25(28(22)32-18-31-19)36-14-8-4-3-5-11-26(34)33-24-10-7-6-9-23(24)29/h6-7,9-10,12-13,15-18H,3-5,8,11,14,29H2,1-2H3,(H,33,34). The largest absolute Gasteiger partial charge is 0.491 e. The number of carbonyl (C=O) groups is 1. The van der Waals surface area contributed by atoms with E-state index in [0.717, 1.165) is 59.2 Å². The number of pyridine rings is 1. The van der Waals surface area contributed by atoms with Gasteiger partial charge in [-0.15, -0.1) is 0 Å². The molecule has 0 saturated heterocycles. The third kappa shape index (κ3) is 6.27. The van der Waals surface area contributed by atoms with Crippen LogP contribution in [0.4, 0.5) is 11.4 Å². The summed E-state index contributed by atoms with van der Waals surface area (Å²) in [7, 11) is 1.60. The van der Waals surface area contributed by atoms with Crippen LogP contribution in [0.5, 0.6) is 11.6 Å². The molecule has 0 spiro atoms. The van der Waals surface area contributed by atoms with Gasteiger partial charge in [0.1, 0.15) is 17.6 Å². The fraction of sp³-hybridized carbons (Fsp3) is 0.286. The molecule has 8 heteroatoms. The Balaban J connectivity index is 1.30. The molecule has 0 fully saturated rings. The Morgan fingerprint density at radius 2 is 1.81 bits per heavy atom. The van der Waals surface area contributed by atoms with E-state index in [1.807, 2.05) is 37.3 Å². The normalized spacial score (nSPS) is 10.8. The van der Waals surface area contributed by atoms with Crippen LogP contribution >= 0.6 is 0 Å². The van der Waals surface area contributed by atoms with Gasteiger partial charge in [-0.3, -0.25) is 4.79 Å². The fourth-order valence-corrected chi connectivity index (χ4v) is 3.95. The van der Waals surface area contributed by atoms with E-state index in [0.29, 0.717) is 30.3 Å². The lowest BCUT2D eigenvalue weighted by atomic mass is 10.0. The molecular weight excluding hydrogens is 454 g/mol. The van der Waals surface area contributed by atoms with Crippen molar-refractivity contribution in [2.75, 3.05) is 24.8 Å². The predicted octanol–water partition coefficient (Wildman–Crippen LogP) is 5.56. The van der Waals surface area contributed by atoms with Crippen LogP contribution in [-0.4, -0.2) is 34.6 Å². The van der Waals surface area contributed by atoms with Crippen LogP contribution in [0.3, 0.4) is 0 Å². The molecule has 0 aliphatic heterocycles. The zero-order chi connectivity index (χ0) is 25.3. The van der Waals surface area contributed by atoms with Gasteiger partial charge in [0.25, 0.3) is 0 Å². The molecule has 4 aromatic rings. The number of aromatic nitrogens is 3. The molecule has 2 aromatic carbocycles. The molecule has 0 aliphatic rings. The molecule has 0 atom stereocenters. The highest BCUT2D eigenvalue weighted by Gasteiger charge is 2.12. The van der Waals surface area contributed by atoms with E-state index in [9.17, 15) is 4.79 Å². The number of hydrogen-bond acceptors (Lipinski definition) is 7. The number of nitrogens with one attached hydrogen (secondary N) is 1. The number of fused-ring (bicyclic) bond motifs is 1. The number of ether oxygens (including phenoxy) is 2. The lowest BCUT2D eigenvalue weighted by Gasteiger charge is -2.13. The molecule has 1 amide bonds. The molecule has 0 aliphatic carbocycles. The molecule has 0 bridgehead atoms. The van der Waals surface area contributed by atoms with Crippen LogP contribution < -0.4 is 20.5 Å². The van der Waals surface area contributed by atoms with E-state index in [4.69, 9.17) is 15.2 Å². The summed E-state index contributed by atoms with van der Waals surface area (Å²) in [6.45, 7) is 2.53. The SMILES string of the molecule is COc1ccc(-c2cc(OCCCCCCC(=O)Nc3ccccc3N)c3ncnc(C)c3c2)cn1. The first-order valence-corrected chi connectivity index (χ1v) is 12.1. The Morgan fingerprint density at radius 3 is 2.58 bits per heavy atom. The highest BCUT2D eigenvalue weighted by atomic mass is 16.5. The van der Waals surface area contributed by atoms with Crippen LogP contribution in [0, 0.1) is 6.92 Å². The van der Waals surface area contributed by atoms with Crippen LogP contribution in [0.25, 0.3) is 22.0 Å². The molecule has 0 radical (unpaired) electrons. The second kappa shape index (κ2) is 12.0. The first-order valence-electron chi connectivity index (χ1n) is 12.1. The van der Waals surface area contributed by atoms with Gasteiger partial charge in [-0.1, -0.05) is 25.0 Å². The maximum Gasteiger partial charge on any atom is 0.224 e. The van der Waals surface area contributed by atoms with Crippen molar-refractivity contribution in [1.29, 1.82) is 0 Å². The van der Waals surface area contributed by atoms with Crippen molar-refractivity contribution >= 4 is 28.2 Å². The Labute approximate surface area is 210 Å². The number of nitrogens with two attached hydrogens (primary N) is 1. The van der Waals surface area contributed by atoms with Gasteiger partial charge < -0.3 is 20.5 Å². The van der Waals surface area contributed by atoms with Crippen LogP contribution in [0.2, 0.25) is 0 Å². The van der Waals surface area contributed by atoms with E-state index in [2.05, 4.69) is 26.3 Å². The molecule has 2 heterocycles. The quantitative estimate of drug-likeness (QED) is 0.211. The summed E-state index contributed by atoms with van der Waals surface area (Å²) in [4.78, 5) is 25.3. The summed E-state index contributed by atoms with van der Waals surface area (Å²) in [5.41, 5.74) is 10.7. The number of benzene rings is 2. The molecule has 3 N–H and O–H groups in total. The van der Waals surface area contributed by atoms with E-state index in [1.165, 1.54) is 0 Å².